The Kier molecular flexibility index (Phi) is 5.64. The molecule has 0 aromatic heterocycles. The zero-order chi connectivity index (χ0) is 22.8. The minimum atomic E-state index is -2.55. The molecule has 10 heteroatoms. The predicted octanol–water partition coefficient (Wildman–Crippen LogP) is 1.06. The number of aromatic hydroxyl groups is 1. The number of ketones is 2. The third kappa shape index (κ3) is 3.13. The summed E-state index contributed by atoms with van der Waals surface area (Å²) in [5.74, 6) is -6.39. The van der Waals surface area contributed by atoms with Gasteiger partial charge >= 0.3 is 0 Å². The van der Waals surface area contributed by atoms with Crippen molar-refractivity contribution in [2.24, 2.45) is 23.5 Å². The number of Topliss-reactive ketones (excluding diaryl/α,β-unsaturated/α-hetero) is 2. The number of phenolic OH excluding ortho intramolecular Hbond substituents is 1. The van der Waals surface area contributed by atoms with Crippen LogP contribution in [0.15, 0.2) is 11.6 Å². The number of aliphatic hydroxyl groups excluding tert-OH is 2. The number of amides is 1. The van der Waals surface area contributed by atoms with E-state index in [2.05, 4.69) is 22.6 Å². The number of fused-ring (bicyclic) bond motifs is 3. The minimum absolute atomic E-state index is 0.119. The van der Waals surface area contributed by atoms with Gasteiger partial charge in [-0.05, 0) is 65.7 Å². The normalized spacial score (nSPS) is 32.4. The number of hydrogen-bond acceptors (Lipinski definition) is 8. The summed E-state index contributed by atoms with van der Waals surface area (Å²) in [6.07, 6.45) is 0.865. The second kappa shape index (κ2) is 7.75. The molecule has 4 rings (SSSR count). The van der Waals surface area contributed by atoms with Crippen LogP contribution in [0, 0.1) is 21.3 Å². The van der Waals surface area contributed by atoms with Crippen LogP contribution >= 0.6 is 34.4 Å². The maximum Gasteiger partial charge on any atom is 0.230 e. The standard InChI is InChI=1S/C21H22INO7S/c1-31-6-8-4-11(22)10-3-7-2-9-5-12(24)15(20(23)29)19(28)21(9,30)18(27)13(7)17(26)14(10)16(8)25/h4,7,9,12,15,24-26,30H,2-3,5-6H2,1H3,(H2,23,29). The van der Waals surface area contributed by atoms with Crippen molar-refractivity contribution in [3.63, 3.8) is 0 Å². The number of phenols is 1. The lowest BCUT2D eigenvalue weighted by Gasteiger charge is -2.48. The van der Waals surface area contributed by atoms with E-state index in [1.807, 2.05) is 12.3 Å². The Morgan fingerprint density at radius 1 is 1.32 bits per heavy atom. The van der Waals surface area contributed by atoms with E-state index >= 15 is 0 Å². The summed E-state index contributed by atoms with van der Waals surface area (Å²) in [6.45, 7) is 0. The summed E-state index contributed by atoms with van der Waals surface area (Å²) < 4.78 is 0.835. The molecule has 31 heavy (non-hydrogen) atoms. The molecule has 0 radical (unpaired) electrons. The summed E-state index contributed by atoms with van der Waals surface area (Å²) in [5.41, 5.74) is 4.02. The van der Waals surface area contributed by atoms with Gasteiger partial charge in [0.2, 0.25) is 11.7 Å². The van der Waals surface area contributed by atoms with Crippen LogP contribution in [-0.4, -0.2) is 55.9 Å². The van der Waals surface area contributed by atoms with Gasteiger partial charge < -0.3 is 26.2 Å². The molecule has 1 amide bonds. The van der Waals surface area contributed by atoms with Gasteiger partial charge in [-0.3, -0.25) is 14.4 Å². The van der Waals surface area contributed by atoms with Gasteiger partial charge in [-0.2, -0.15) is 11.8 Å². The van der Waals surface area contributed by atoms with Crippen molar-refractivity contribution in [3.05, 3.63) is 31.9 Å². The van der Waals surface area contributed by atoms with E-state index in [0.29, 0.717) is 23.3 Å². The molecule has 2 fully saturated rings. The molecular weight excluding hydrogens is 537 g/mol. The second-order valence-electron chi connectivity index (χ2n) is 8.39. The topological polar surface area (TPSA) is 158 Å². The maximum absolute atomic E-state index is 13.4. The molecule has 8 nitrogen and oxygen atoms in total. The zero-order valence-electron chi connectivity index (χ0n) is 16.6. The maximum atomic E-state index is 13.4. The lowest BCUT2D eigenvalue weighted by Crippen LogP contribution is -2.66. The lowest BCUT2D eigenvalue weighted by molar-refractivity contribution is -0.174. The van der Waals surface area contributed by atoms with Crippen molar-refractivity contribution in [2.45, 2.75) is 36.7 Å². The Labute approximate surface area is 196 Å². The largest absolute Gasteiger partial charge is 0.507 e. The molecule has 1 aromatic rings. The molecule has 5 atom stereocenters. The van der Waals surface area contributed by atoms with Crippen LogP contribution in [0.2, 0.25) is 0 Å². The van der Waals surface area contributed by atoms with E-state index in [9.17, 15) is 34.8 Å². The molecule has 2 saturated carbocycles. The molecule has 0 heterocycles. The Morgan fingerprint density at radius 2 is 2.00 bits per heavy atom. The summed E-state index contributed by atoms with van der Waals surface area (Å²) in [5, 5.41) is 43.3. The van der Waals surface area contributed by atoms with Gasteiger partial charge in [0.15, 0.2) is 11.4 Å². The average molecular weight is 559 g/mol. The SMILES string of the molecule is CSCc1cc(I)c2c(c1O)C(O)=C1C(=O)C3(O)C(=O)C(C(N)=O)C(O)CC3CC1C2. The smallest absolute Gasteiger partial charge is 0.230 e. The molecular formula is C21H22INO7S. The third-order valence-corrected chi connectivity index (χ3v) is 8.27. The fraction of sp³-hybridized carbons (Fsp3) is 0.476. The van der Waals surface area contributed by atoms with Crippen molar-refractivity contribution >= 4 is 57.6 Å². The minimum Gasteiger partial charge on any atom is -0.507 e. The summed E-state index contributed by atoms with van der Waals surface area (Å²) in [7, 11) is 0. The lowest BCUT2D eigenvalue weighted by atomic mass is 9.56. The van der Waals surface area contributed by atoms with E-state index in [1.54, 1.807) is 0 Å². The van der Waals surface area contributed by atoms with E-state index in [-0.39, 0.29) is 29.7 Å². The number of benzene rings is 1. The van der Waals surface area contributed by atoms with Gasteiger partial charge in [0, 0.05) is 26.4 Å². The third-order valence-electron chi connectivity index (χ3n) is 6.71. The van der Waals surface area contributed by atoms with Gasteiger partial charge in [-0.25, -0.2) is 0 Å². The van der Waals surface area contributed by atoms with E-state index in [0.717, 1.165) is 3.57 Å². The fourth-order valence-corrected chi connectivity index (χ4v) is 6.66. The highest BCUT2D eigenvalue weighted by atomic mass is 127. The molecule has 0 aliphatic heterocycles. The van der Waals surface area contributed by atoms with Crippen LogP contribution in [0.1, 0.15) is 29.5 Å². The Hall–Kier alpha value is -1.63. The van der Waals surface area contributed by atoms with Gasteiger partial charge in [0.05, 0.1) is 11.7 Å². The van der Waals surface area contributed by atoms with E-state index < -0.39 is 52.7 Å². The van der Waals surface area contributed by atoms with Crippen LogP contribution in [0.4, 0.5) is 0 Å². The Balaban J connectivity index is 1.88. The molecule has 0 saturated heterocycles. The summed E-state index contributed by atoms with van der Waals surface area (Å²) in [6, 6.07) is 1.84. The fourth-order valence-electron chi connectivity index (χ4n) is 5.26. The molecule has 1 aromatic carbocycles. The van der Waals surface area contributed by atoms with Crippen LogP contribution < -0.4 is 5.73 Å². The molecule has 3 aliphatic carbocycles. The average Bonchev–Trinajstić information content (AvgIpc) is 2.68. The molecule has 0 bridgehead atoms. The van der Waals surface area contributed by atoms with Crippen molar-refractivity contribution in [1.29, 1.82) is 0 Å². The molecule has 0 spiro atoms. The molecule has 3 aliphatic rings. The van der Waals surface area contributed by atoms with Gasteiger partial charge in [-0.1, -0.05) is 0 Å². The number of carbonyl (C=O) groups excluding carboxylic acids is 3. The van der Waals surface area contributed by atoms with E-state index in [4.69, 9.17) is 5.73 Å². The number of aliphatic hydroxyl groups is 3. The van der Waals surface area contributed by atoms with Crippen LogP contribution in [-0.2, 0) is 26.6 Å². The number of hydrogen-bond donors (Lipinski definition) is 5. The van der Waals surface area contributed by atoms with Gasteiger partial charge in [0.25, 0.3) is 0 Å². The first kappa shape index (κ1) is 22.6. The van der Waals surface area contributed by atoms with Crippen molar-refractivity contribution in [1.82, 2.24) is 0 Å². The highest BCUT2D eigenvalue weighted by molar-refractivity contribution is 14.1. The molecule has 6 N–H and O–H groups in total. The monoisotopic (exact) mass is 559 g/mol. The molecule has 5 unspecified atom stereocenters. The first-order valence-electron chi connectivity index (χ1n) is 9.78. The number of carbonyl (C=O) groups is 3. The Bertz CT molecular complexity index is 1050. The van der Waals surface area contributed by atoms with Crippen LogP contribution in [0.25, 0.3) is 5.76 Å². The number of halogens is 1. The zero-order valence-corrected chi connectivity index (χ0v) is 19.6. The van der Waals surface area contributed by atoms with Gasteiger partial charge in [-0.15, -0.1) is 0 Å². The number of nitrogens with two attached hydrogens (primary N) is 1. The van der Waals surface area contributed by atoms with Crippen molar-refractivity contribution in [2.75, 3.05) is 6.26 Å². The summed E-state index contributed by atoms with van der Waals surface area (Å²) in [4.78, 5) is 38.1. The number of primary amides is 1. The van der Waals surface area contributed by atoms with E-state index in [1.165, 1.54) is 11.8 Å². The quantitative estimate of drug-likeness (QED) is 0.272. The number of rotatable bonds is 3. The Morgan fingerprint density at radius 3 is 2.61 bits per heavy atom. The van der Waals surface area contributed by atoms with Crippen LogP contribution in [0.3, 0.4) is 0 Å². The molecule has 166 valence electrons. The van der Waals surface area contributed by atoms with Gasteiger partial charge in [0.1, 0.15) is 17.4 Å². The highest BCUT2D eigenvalue weighted by Crippen LogP contribution is 2.52. The van der Waals surface area contributed by atoms with Crippen molar-refractivity contribution < 1.29 is 34.8 Å². The highest BCUT2D eigenvalue weighted by Gasteiger charge is 2.63. The first-order chi connectivity index (χ1) is 14.5. The number of thioether (sulfide) groups is 1. The second-order valence-corrected chi connectivity index (χ2v) is 10.4. The first-order valence-corrected chi connectivity index (χ1v) is 12.3. The predicted molar refractivity (Wildman–Crippen MR) is 121 cm³/mol. The van der Waals surface area contributed by atoms with Crippen LogP contribution in [0.5, 0.6) is 5.75 Å². The summed E-state index contributed by atoms with van der Waals surface area (Å²) >= 11 is 3.62. The van der Waals surface area contributed by atoms with Crippen molar-refractivity contribution in [3.8, 4) is 5.75 Å².